The smallest absolute Gasteiger partial charge is 0.257 e. The largest absolute Gasteiger partial charge is 0.467 e. The van der Waals surface area contributed by atoms with Crippen molar-refractivity contribution in [3.05, 3.63) is 23.7 Å². The van der Waals surface area contributed by atoms with E-state index in [1.165, 1.54) is 6.26 Å². The third-order valence-corrected chi connectivity index (χ3v) is 2.55. The van der Waals surface area contributed by atoms with Gasteiger partial charge in [0.05, 0.1) is 12.1 Å². The van der Waals surface area contributed by atoms with E-state index >= 15 is 0 Å². The Labute approximate surface area is 103 Å². The van der Waals surface area contributed by atoms with Gasteiger partial charge in [-0.3, -0.25) is 4.79 Å². The number of rotatable bonds is 5. The Bertz CT molecular complexity index is 369. The quantitative estimate of drug-likeness (QED) is 0.855. The molecule has 0 aromatic carbocycles. The van der Waals surface area contributed by atoms with Gasteiger partial charge in [-0.1, -0.05) is 13.8 Å². The van der Waals surface area contributed by atoms with E-state index < -0.39 is 0 Å². The highest BCUT2D eigenvalue weighted by molar-refractivity contribution is 5.94. The zero-order valence-electron chi connectivity index (χ0n) is 11.1. The fourth-order valence-corrected chi connectivity index (χ4v) is 1.69. The second kappa shape index (κ2) is 5.87. The van der Waals surface area contributed by atoms with Gasteiger partial charge >= 0.3 is 0 Å². The maximum absolute atomic E-state index is 12.3. The second-order valence-corrected chi connectivity index (χ2v) is 4.95. The van der Waals surface area contributed by atoms with Crippen LogP contribution in [0.1, 0.15) is 43.8 Å². The molecule has 0 bridgehead atoms. The van der Waals surface area contributed by atoms with Gasteiger partial charge in [-0.05, 0) is 25.8 Å². The molecule has 0 aliphatic carbocycles. The lowest BCUT2D eigenvalue weighted by molar-refractivity contribution is 0.0681. The number of nitrogens with two attached hydrogens (primary N) is 1. The fraction of sp³-hybridized carbons (Fsp3) is 0.615. The average molecular weight is 238 g/mol. The molecule has 1 aromatic rings. The van der Waals surface area contributed by atoms with Gasteiger partial charge in [-0.25, -0.2) is 0 Å². The van der Waals surface area contributed by atoms with Gasteiger partial charge in [0.2, 0.25) is 0 Å². The minimum atomic E-state index is 0.0113. The van der Waals surface area contributed by atoms with E-state index in [4.69, 9.17) is 10.2 Å². The molecule has 0 fully saturated rings. The molecule has 0 spiro atoms. The molecule has 1 aromatic heterocycles. The average Bonchev–Trinajstić information content (AvgIpc) is 2.72. The van der Waals surface area contributed by atoms with E-state index in [-0.39, 0.29) is 11.9 Å². The minimum absolute atomic E-state index is 0.0113. The van der Waals surface area contributed by atoms with Crippen LogP contribution >= 0.6 is 0 Å². The van der Waals surface area contributed by atoms with Gasteiger partial charge in [0.15, 0.2) is 0 Å². The SMILES string of the molecule is CC(C)CN(C(=O)c1coc(CN)c1)C(C)C. The topological polar surface area (TPSA) is 59.5 Å². The molecule has 2 N–H and O–H groups in total. The number of furan rings is 1. The first-order valence-electron chi connectivity index (χ1n) is 6.04. The molecule has 0 saturated heterocycles. The van der Waals surface area contributed by atoms with E-state index in [9.17, 15) is 4.79 Å². The summed E-state index contributed by atoms with van der Waals surface area (Å²) in [5.74, 6) is 1.10. The summed E-state index contributed by atoms with van der Waals surface area (Å²) in [6.07, 6.45) is 1.49. The molecular formula is C13H22N2O2. The van der Waals surface area contributed by atoms with Crippen LogP contribution in [0.5, 0.6) is 0 Å². The summed E-state index contributed by atoms with van der Waals surface area (Å²) in [4.78, 5) is 14.1. The summed E-state index contributed by atoms with van der Waals surface area (Å²) < 4.78 is 5.20. The highest BCUT2D eigenvalue weighted by Gasteiger charge is 2.21. The maximum atomic E-state index is 12.3. The van der Waals surface area contributed by atoms with E-state index in [1.54, 1.807) is 6.07 Å². The molecule has 0 saturated carbocycles. The Hall–Kier alpha value is -1.29. The Morgan fingerprint density at radius 1 is 1.41 bits per heavy atom. The van der Waals surface area contributed by atoms with Crippen molar-refractivity contribution < 1.29 is 9.21 Å². The van der Waals surface area contributed by atoms with Crippen LogP contribution in [0.15, 0.2) is 16.7 Å². The number of nitrogens with zero attached hydrogens (tertiary/aromatic N) is 1. The van der Waals surface area contributed by atoms with Crippen LogP contribution in [0.2, 0.25) is 0 Å². The summed E-state index contributed by atoms with van der Waals surface area (Å²) in [7, 11) is 0. The first-order valence-corrected chi connectivity index (χ1v) is 6.04. The van der Waals surface area contributed by atoms with E-state index in [2.05, 4.69) is 13.8 Å². The lowest BCUT2D eigenvalue weighted by Crippen LogP contribution is -2.39. The van der Waals surface area contributed by atoms with Crippen molar-refractivity contribution in [1.29, 1.82) is 0 Å². The first-order chi connectivity index (χ1) is 7.95. The zero-order valence-corrected chi connectivity index (χ0v) is 11.1. The standard InChI is InChI=1S/C13H22N2O2/c1-9(2)7-15(10(3)4)13(16)11-5-12(6-14)17-8-11/h5,8-10H,6-7,14H2,1-4H3. The van der Waals surface area contributed by atoms with Crippen LogP contribution in [-0.2, 0) is 6.54 Å². The molecule has 4 nitrogen and oxygen atoms in total. The summed E-state index contributed by atoms with van der Waals surface area (Å²) in [6.45, 7) is 9.31. The molecule has 1 heterocycles. The number of carbonyl (C=O) groups is 1. The van der Waals surface area contributed by atoms with Crippen LogP contribution < -0.4 is 5.73 Å². The molecule has 0 aliphatic heterocycles. The van der Waals surface area contributed by atoms with Crippen LogP contribution in [0, 0.1) is 5.92 Å². The molecule has 96 valence electrons. The Morgan fingerprint density at radius 2 is 2.06 bits per heavy atom. The highest BCUT2D eigenvalue weighted by atomic mass is 16.3. The molecule has 4 heteroatoms. The number of amides is 1. The molecule has 1 amide bonds. The molecule has 17 heavy (non-hydrogen) atoms. The lowest BCUT2D eigenvalue weighted by atomic mass is 10.1. The maximum Gasteiger partial charge on any atom is 0.257 e. The van der Waals surface area contributed by atoms with Crippen LogP contribution in [-0.4, -0.2) is 23.4 Å². The molecule has 1 rings (SSSR count). The zero-order chi connectivity index (χ0) is 13.0. The third-order valence-electron chi connectivity index (χ3n) is 2.55. The van der Waals surface area contributed by atoms with Crippen molar-refractivity contribution in [1.82, 2.24) is 4.90 Å². The normalized spacial score (nSPS) is 11.2. The third kappa shape index (κ3) is 3.60. The molecule has 0 aliphatic rings. The molecule has 0 atom stereocenters. The Kier molecular flexibility index (Phi) is 4.75. The van der Waals surface area contributed by atoms with Crippen molar-refractivity contribution in [2.75, 3.05) is 6.54 Å². The van der Waals surface area contributed by atoms with Crippen molar-refractivity contribution in [3.63, 3.8) is 0 Å². The van der Waals surface area contributed by atoms with Crippen molar-refractivity contribution in [3.8, 4) is 0 Å². The van der Waals surface area contributed by atoms with Crippen molar-refractivity contribution in [2.24, 2.45) is 11.7 Å². The van der Waals surface area contributed by atoms with Crippen LogP contribution in [0.25, 0.3) is 0 Å². The lowest BCUT2D eigenvalue weighted by Gasteiger charge is -2.28. The molecule has 0 radical (unpaired) electrons. The fourth-order valence-electron chi connectivity index (χ4n) is 1.69. The molecule has 0 unspecified atom stereocenters. The monoisotopic (exact) mass is 238 g/mol. The van der Waals surface area contributed by atoms with E-state index in [0.717, 1.165) is 6.54 Å². The first kappa shape index (κ1) is 13.8. The van der Waals surface area contributed by atoms with Crippen LogP contribution in [0.3, 0.4) is 0 Å². The molecular weight excluding hydrogens is 216 g/mol. The summed E-state index contributed by atoms with van der Waals surface area (Å²) >= 11 is 0. The van der Waals surface area contributed by atoms with Gasteiger partial charge in [-0.2, -0.15) is 0 Å². The van der Waals surface area contributed by atoms with Crippen molar-refractivity contribution >= 4 is 5.91 Å². The summed E-state index contributed by atoms with van der Waals surface area (Å²) in [6, 6.07) is 1.90. The second-order valence-electron chi connectivity index (χ2n) is 4.95. The Balaban J connectivity index is 2.83. The number of carbonyl (C=O) groups excluding carboxylic acids is 1. The predicted octanol–water partition coefficient (Wildman–Crippen LogP) is 2.24. The number of hydrogen-bond acceptors (Lipinski definition) is 3. The van der Waals surface area contributed by atoms with E-state index in [0.29, 0.717) is 23.8 Å². The van der Waals surface area contributed by atoms with Crippen molar-refractivity contribution in [2.45, 2.75) is 40.3 Å². The van der Waals surface area contributed by atoms with Gasteiger partial charge in [-0.15, -0.1) is 0 Å². The number of hydrogen-bond donors (Lipinski definition) is 1. The van der Waals surface area contributed by atoms with Gasteiger partial charge in [0.25, 0.3) is 5.91 Å². The van der Waals surface area contributed by atoms with Gasteiger partial charge in [0.1, 0.15) is 12.0 Å². The van der Waals surface area contributed by atoms with Gasteiger partial charge < -0.3 is 15.1 Å². The predicted molar refractivity (Wildman–Crippen MR) is 67.6 cm³/mol. The van der Waals surface area contributed by atoms with E-state index in [1.807, 2.05) is 18.7 Å². The Morgan fingerprint density at radius 3 is 2.47 bits per heavy atom. The van der Waals surface area contributed by atoms with Crippen LogP contribution in [0.4, 0.5) is 0 Å². The van der Waals surface area contributed by atoms with Gasteiger partial charge in [0, 0.05) is 12.6 Å². The highest BCUT2D eigenvalue weighted by Crippen LogP contribution is 2.14. The minimum Gasteiger partial charge on any atom is -0.467 e. The summed E-state index contributed by atoms with van der Waals surface area (Å²) in [5.41, 5.74) is 6.04. The summed E-state index contributed by atoms with van der Waals surface area (Å²) in [5, 5.41) is 0.